The predicted molar refractivity (Wildman–Crippen MR) is 88.1 cm³/mol. The number of unbranched alkanes of at least 4 members (excludes halogenated alkanes) is 1. The maximum atomic E-state index is 14.0. The fraction of sp³-hybridized carbons (Fsp3) is 0.562. The van der Waals surface area contributed by atoms with E-state index in [0.29, 0.717) is 25.2 Å². The summed E-state index contributed by atoms with van der Waals surface area (Å²) < 4.78 is 40.7. The minimum atomic E-state index is -3.40. The summed E-state index contributed by atoms with van der Waals surface area (Å²) in [6, 6.07) is 6.67. The molecular weight excluding hydrogens is 317 g/mol. The predicted octanol–water partition coefficient (Wildman–Crippen LogP) is 2.33. The van der Waals surface area contributed by atoms with Crippen LogP contribution in [0.15, 0.2) is 18.2 Å². The van der Waals surface area contributed by atoms with Gasteiger partial charge in [0, 0.05) is 25.6 Å². The van der Waals surface area contributed by atoms with E-state index in [0.717, 1.165) is 18.4 Å². The maximum absolute atomic E-state index is 14.0. The van der Waals surface area contributed by atoms with Gasteiger partial charge in [0.25, 0.3) is 0 Å². The van der Waals surface area contributed by atoms with E-state index < -0.39 is 10.0 Å². The Morgan fingerprint density at radius 1 is 1.48 bits per heavy atom. The molecule has 1 unspecified atom stereocenters. The molecule has 7 heteroatoms. The molecule has 0 spiro atoms. The minimum absolute atomic E-state index is 0.0458. The van der Waals surface area contributed by atoms with Gasteiger partial charge in [-0.2, -0.15) is 5.26 Å². The molecule has 1 aliphatic heterocycles. The van der Waals surface area contributed by atoms with Crippen LogP contribution in [0.5, 0.6) is 0 Å². The van der Waals surface area contributed by atoms with E-state index >= 15 is 0 Å². The third-order valence-electron chi connectivity index (χ3n) is 3.91. The van der Waals surface area contributed by atoms with Gasteiger partial charge in [0.2, 0.25) is 10.0 Å². The normalized spacial score (nSPS) is 18.7. The van der Waals surface area contributed by atoms with Crippen molar-refractivity contribution in [2.24, 2.45) is 0 Å². The van der Waals surface area contributed by atoms with Crippen LogP contribution in [0, 0.1) is 24.1 Å². The number of benzene rings is 1. The quantitative estimate of drug-likeness (QED) is 0.807. The molecule has 0 amide bonds. The summed E-state index contributed by atoms with van der Waals surface area (Å²) in [5.41, 5.74) is 1.50. The second kappa shape index (κ2) is 7.75. The van der Waals surface area contributed by atoms with Crippen LogP contribution in [-0.2, 0) is 10.0 Å². The molecule has 23 heavy (non-hydrogen) atoms. The van der Waals surface area contributed by atoms with E-state index in [9.17, 15) is 12.8 Å². The number of sulfonamides is 1. The molecule has 0 aromatic heterocycles. The minimum Gasteiger partial charge on any atom is -0.368 e. The lowest BCUT2D eigenvalue weighted by molar-refractivity contribution is 0.461. The Labute approximate surface area is 137 Å². The fourth-order valence-electron chi connectivity index (χ4n) is 2.81. The molecule has 1 saturated heterocycles. The molecule has 1 atom stereocenters. The number of hydrogen-bond acceptors (Lipinski definition) is 4. The lowest BCUT2D eigenvalue weighted by atomic mass is 10.1. The van der Waals surface area contributed by atoms with Gasteiger partial charge in [-0.1, -0.05) is 6.07 Å². The van der Waals surface area contributed by atoms with E-state index in [1.54, 1.807) is 12.1 Å². The number of aryl methyl sites for hydroxylation is 1. The third kappa shape index (κ3) is 5.19. The SMILES string of the molecule is Cc1ccc(F)c(N2CCCC(NS(=O)(=O)CCCC#N)C2)c1. The molecule has 2 rings (SSSR count). The summed E-state index contributed by atoms with van der Waals surface area (Å²) in [6.45, 7) is 3.08. The van der Waals surface area contributed by atoms with Crippen LogP contribution in [0.25, 0.3) is 0 Å². The zero-order valence-corrected chi connectivity index (χ0v) is 14.1. The van der Waals surface area contributed by atoms with Crippen molar-refractivity contribution >= 4 is 15.7 Å². The first-order valence-electron chi connectivity index (χ1n) is 7.79. The van der Waals surface area contributed by atoms with Crippen LogP contribution in [-0.4, -0.2) is 33.3 Å². The summed E-state index contributed by atoms with van der Waals surface area (Å²) in [5, 5.41) is 8.49. The van der Waals surface area contributed by atoms with Gasteiger partial charge < -0.3 is 4.90 Å². The van der Waals surface area contributed by atoms with Gasteiger partial charge in [-0.15, -0.1) is 0 Å². The van der Waals surface area contributed by atoms with Crippen LogP contribution in [0.3, 0.4) is 0 Å². The Hall–Kier alpha value is -1.65. The monoisotopic (exact) mass is 339 g/mol. The molecule has 1 fully saturated rings. The lowest BCUT2D eigenvalue weighted by Crippen LogP contribution is -2.48. The van der Waals surface area contributed by atoms with E-state index in [4.69, 9.17) is 5.26 Å². The first-order valence-corrected chi connectivity index (χ1v) is 9.44. The van der Waals surface area contributed by atoms with Gasteiger partial charge in [0.15, 0.2) is 0 Å². The van der Waals surface area contributed by atoms with Gasteiger partial charge in [0.05, 0.1) is 17.5 Å². The van der Waals surface area contributed by atoms with Gasteiger partial charge in [0.1, 0.15) is 5.82 Å². The standard InChI is InChI=1S/C16H22FN3O2S/c1-13-6-7-15(17)16(11-13)20-9-4-5-14(12-20)19-23(21,22)10-3-2-8-18/h6-7,11,14,19H,2-5,9-10,12H2,1H3. The highest BCUT2D eigenvalue weighted by Gasteiger charge is 2.25. The molecule has 1 N–H and O–H groups in total. The Bertz CT molecular complexity index is 685. The molecule has 0 bridgehead atoms. The zero-order chi connectivity index (χ0) is 16.9. The Kier molecular flexibility index (Phi) is 5.97. The van der Waals surface area contributed by atoms with Crippen LogP contribution in [0.2, 0.25) is 0 Å². The van der Waals surface area contributed by atoms with Crippen LogP contribution < -0.4 is 9.62 Å². The van der Waals surface area contributed by atoms with Gasteiger partial charge in [-0.25, -0.2) is 17.5 Å². The summed E-state index contributed by atoms with van der Waals surface area (Å²) >= 11 is 0. The Balaban J connectivity index is 2.01. The van der Waals surface area contributed by atoms with Gasteiger partial charge >= 0.3 is 0 Å². The van der Waals surface area contributed by atoms with Gasteiger partial charge in [-0.05, 0) is 43.9 Å². The summed E-state index contributed by atoms with van der Waals surface area (Å²) in [7, 11) is -3.40. The molecule has 5 nitrogen and oxygen atoms in total. The maximum Gasteiger partial charge on any atom is 0.211 e. The Morgan fingerprint density at radius 3 is 3.00 bits per heavy atom. The summed E-state index contributed by atoms with van der Waals surface area (Å²) in [5.74, 6) is -0.330. The molecule has 1 heterocycles. The first kappa shape index (κ1) is 17.7. The second-order valence-electron chi connectivity index (χ2n) is 5.94. The zero-order valence-electron chi connectivity index (χ0n) is 13.3. The van der Waals surface area contributed by atoms with Crippen LogP contribution in [0.1, 0.15) is 31.2 Å². The number of hydrogen-bond donors (Lipinski definition) is 1. The smallest absolute Gasteiger partial charge is 0.211 e. The van der Waals surface area contributed by atoms with Crippen molar-refractivity contribution in [3.05, 3.63) is 29.6 Å². The topological polar surface area (TPSA) is 73.2 Å². The highest BCUT2D eigenvalue weighted by Crippen LogP contribution is 2.24. The lowest BCUT2D eigenvalue weighted by Gasteiger charge is -2.35. The molecule has 126 valence electrons. The van der Waals surface area contributed by atoms with E-state index in [1.807, 2.05) is 17.9 Å². The molecular formula is C16H22FN3O2S. The number of nitrogens with zero attached hydrogens (tertiary/aromatic N) is 2. The number of piperidine rings is 1. The van der Waals surface area contributed by atoms with Gasteiger partial charge in [-0.3, -0.25) is 0 Å². The number of rotatable bonds is 6. The third-order valence-corrected chi connectivity index (χ3v) is 5.43. The van der Waals surface area contributed by atoms with Crippen molar-refractivity contribution in [1.29, 1.82) is 5.26 Å². The largest absolute Gasteiger partial charge is 0.368 e. The van der Waals surface area contributed by atoms with Crippen molar-refractivity contribution in [2.45, 2.75) is 38.6 Å². The van der Waals surface area contributed by atoms with Crippen LogP contribution in [0.4, 0.5) is 10.1 Å². The van der Waals surface area contributed by atoms with Crippen LogP contribution >= 0.6 is 0 Å². The highest BCUT2D eigenvalue weighted by atomic mass is 32.2. The highest BCUT2D eigenvalue weighted by molar-refractivity contribution is 7.89. The molecule has 0 aliphatic carbocycles. The van der Waals surface area contributed by atoms with E-state index in [1.165, 1.54) is 6.07 Å². The molecule has 1 aromatic rings. The average molecular weight is 339 g/mol. The molecule has 0 radical (unpaired) electrons. The number of anilines is 1. The number of nitrogens with one attached hydrogen (secondary N) is 1. The molecule has 1 aromatic carbocycles. The second-order valence-corrected chi connectivity index (χ2v) is 7.81. The average Bonchev–Trinajstić information content (AvgIpc) is 2.49. The number of halogens is 1. The summed E-state index contributed by atoms with van der Waals surface area (Å²) in [4.78, 5) is 1.90. The first-order chi connectivity index (χ1) is 10.9. The van der Waals surface area contributed by atoms with E-state index in [2.05, 4.69) is 4.72 Å². The van der Waals surface area contributed by atoms with Crippen molar-refractivity contribution in [3.63, 3.8) is 0 Å². The van der Waals surface area contributed by atoms with Crippen molar-refractivity contribution < 1.29 is 12.8 Å². The van der Waals surface area contributed by atoms with Crippen molar-refractivity contribution in [1.82, 2.24) is 4.72 Å². The van der Waals surface area contributed by atoms with Crippen molar-refractivity contribution in [2.75, 3.05) is 23.7 Å². The summed E-state index contributed by atoms with van der Waals surface area (Å²) in [6.07, 6.45) is 2.10. The Morgan fingerprint density at radius 2 is 2.26 bits per heavy atom. The molecule has 0 saturated carbocycles. The number of nitriles is 1. The fourth-order valence-corrected chi connectivity index (χ4v) is 4.15. The van der Waals surface area contributed by atoms with Crippen molar-refractivity contribution in [3.8, 4) is 6.07 Å². The van der Waals surface area contributed by atoms with E-state index in [-0.39, 0.29) is 24.0 Å². The molecule has 1 aliphatic rings.